The molecule has 0 amide bonds. The van der Waals surface area contributed by atoms with Gasteiger partial charge in [-0.2, -0.15) is 0 Å². The summed E-state index contributed by atoms with van der Waals surface area (Å²) < 4.78 is 56.2. The molecule has 12 heteroatoms. The summed E-state index contributed by atoms with van der Waals surface area (Å²) in [6.07, 6.45) is 4.81. The van der Waals surface area contributed by atoms with Gasteiger partial charge in [-0.05, 0) is 24.6 Å². The van der Waals surface area contributed by atoms with Gasteiger partial charge in [0.15, 0.2) is 5.78 Å². The topological polar surface area (TPSA) is 155 Å². The molecule has 31 heavy (non-hydrogen) atoms. The largest absolute Gasteiger partial charge is 0 e. The van der Waals surface area contributed by atoms with Crippen molar-refractivity contribution in [2.45, 2.75) is 13.0 Å². The second-order valence-electron chi connectivity index (χ2n) is 3.33. The Bertz CT molecular complexity index is 587. The van der Waals surface area contributed by atoms with Gasteiger partial charge in [0.2, 0.25) is 0 Å². The molecule has 0 aliphatic rings. The molecule has 0 heterocycles. The number of halogens is 1. The van der Waals surface area contributed by atoms with Crippen molar-refractivity contribution < 1.29 is 75.7 Å². The minimum atomic E-state index is -0.452. The molecule has 168 valence electrons. The Labute approximate surface area is 210 Å². The van der Waals surface area contributed by atoms with E-state index in [4.69, 9.17) is 37.4 Å². The first-order valence-electron chi connectivity index (χ1n) is 6.24. The van der Waals surface area contributed by atoms with Crippen LogP contribution in [-0.2, 0) is 75.7 Å². The van der Waals surface area contributed by atoms with Gasteiger partial charge in [0, 0.05) is 57.3 Å². The number of hydrogen-bond donors (Lipinski definition) is 0. The SMILES string of the molecule is COCOC([C]=[C]C(C)=O)c1ccc(Br)cc1.[C-]#[O+].[C-]#[O+].[C-]#[O+].[C-]#[O+].[C-]#[O+].[C-]#[O+].[Co].[Co]. The average Bonchev–Trinajstić information content (AvgIpc) is 2.82. The van der Waals surface area contributed by atoms with Crippen molar-refractivity contribution >= 4 is 21.7 Å². The minimum absolute atomic E-state index is 0. The van der Waals surface area contributed by atoms with Gasteiger partial charge in [-0.1, -0.05) is 28.1 Å². The van der Waals surface area contributed by atoms with Gasteiger partial charge in [-0.25, -0.2) is 0 Å². The Morgan fingerprint density at radius 3 is 1.55 bits per heavy atom. The number of carbonyl (C=O) groups is 1. The monoisotopic (exact) mass is 582 g/mol. The number of hydrogen-bond acceptors (Lipinski definition) is 3. The van der Waals surface area contributed by atoms with E-state index in [1.54, 1.807) is 0 Å². The van der Waals surface area contributed by atoms with Crippen LogP contribution in [0.4, 0.5) is 0 Å². The van der Waals surface area contributed by atoms with Crippen molar-refractivity contribution in [3.63, 3.8) is 0 Å². The van der Waals surface area contributed by atoms with Crippen LogP contribution in [0.2, 0.25) is 0 Å². The second kappa shape index (κ2) is 56.7. The molecule has 1 aromatic rings. The third-order valence-electron chi connectivity index (χ3n) is 1.90. The van der Waals surface area contributed by atoms with Crippen LogP contribution in [-0.4, -0.2) is 19.7 Å². The fourth-order valence-electron chi connectivity index (χ4n) is 1.16. The zero-order valence-electron chi connectivity index (χ0n) is 15.8. The Hall–Kier alpha value is -1.52. The smallest absolute Gasteiger partial charge is 0 e. The molecule has 1 atom stereocenters. The summed E-state index contributed by atoms with van der Waals surface area (Å²) in [6.45, 7) is 28.6. The maximum absolute atomic E-state index is 10.8. The third kappa shape index (κ3) is 43.3. The van der Waals surface area contributed by atoms with Crippen LogP contribution in [0, 0.1) is 52.1 Å². The molecule has 0 fully saturated rings. The molecule has 0 saturated heterocycles. The number of allylic oxidation sites excluding steroid dienone is 1. The summed E-state index contributed by atoms with van der Waals surface area (Å²) >= 11 is 3.35. The van der Waals surface area contributed by atoms with Gasteiger partial charge < -0.3 is 9.47 Å². The van der Waals surface area contributed by atoms with E-state index in [-0.39, 0.29) is 46.1 Å². The summed E-state index contributed by atoms with van der Waals surface area (Å²) in [5.41, 5.74) is 0.888. The molecular formula is C19H13BrCo2O9. The predicted octanol–water partition coefficient (Wildman–Crippen LogP) is 2.63. The molecule has 0 bridgehead atoms. The van der Waals surface area contributed by atoms with Crippen LogP contribution >= 0.6 is 15.9 Å². The number of benzene rings is 1. The summed E-state index contributed by atoms with van der Waals surface area (Å²) in [5, 5.41) is 0. The Morgan fingerprint density at radius 2 is 1.26 bits per heavy atom. The van der Waals surface area contributed by atoms with Gasteiger partial charge in [0.1, 0.15) is 12.9 Å². The first-order chi connectivity index (χ1) is 14.1. The minimum Gasteiger partial charge on any atom is 0 e. The molecule has 4 radical (unpaired) electrons. The molecule has 0 saturated carbocycles. The van der Waals surface area contributed by atoms with Gasteiger partial charge in [-0.3, -0.25) is 4.79 Å². The Kier molecular flexibility index (Phi) is 94.8. The quantitative estimate of drug-likeness (QED) is 0.219. The summed E-state index contributed by atoms with van der Waals surface area (Å²) in [4.78, 5) is 10.8. The Balaban J connectivity index is -0.0000000545. The molecule has 0 aliphatic carbocycles. The van der Waals surface area contributed by atoms with E-state index >= 15 is 0 Å². The summed E-state index contributed by atoms with van der Waals surface area (Å²) in [6, 6.07) is 7.57. The summed E-state index contributed by atoms with van der Waals surface area (Å²) in [5.74, 6) is -0.187. The predicted molar refractivity (Wildman–Crippen MR) is 90.6 cm³/mol. The van der Waals surface area contributed by atoms with E-state index in [0.29, 0.717) is 0 Å². The summed E-state index contributed by atoms with van der Waals surface area (Å²) in [7, 11) is 1.54. The van der Waals surface area contributed by atoms with Crippen molar-refractivity contribution in [3.05, 3.63) is 86.4 Å². The van der Waals surface area contributed by atoms with Crippen molar-refractivity contribution in [1.29, 1.82) is 0 Å². The number of Topliss-reactive ketones (excluding diaryl/α,β-unsaturated/α-hetero) is 1. The van der Waals surface area contributed by atoms with E-state index in [9.17, 15) is 4.79 Å². The zero-order valence-corrected chi connectivity index (χ0v) is 19.5. The van der Waals surface area contributed by atoms with E-state index in [0.717, 1.165) is 10.0 Å². The molecule has 0 spiro atoms. The molecule has 1 aromatic carbocycles. The second-order valence-corrected chi connectivity index (χ2v) is 4.25. The van der Waals surface area contributed by atoms with Crippen LogP contribution in [0.1, 0.15) is 18.6 Å². The fourth-order valence-corrected chi connectivity index (χ4v) is 1.43. The molecular weight excluding hydrogens is 570 g/mol. The molecule has 9 nitrogen and oxygen atoms in total. The van der Waals surface area contributed by atoms with Gasteiger partial charge in [0.05, 0.1) is 0 Å². The number of ether oxygens (including phenoxy) is 2. The van der Waals surface area contributed by atoms with Crippen molar-refractivity contribution in [3.8, 4) is 0 Å². The van der Waals surface area contributed by atoms with Crippen molar-refractivity contribution in [1.82, 2.24) is 0 Å². The van der Waals surface area contributed by atoms with Crippen molar-refractivity contribution in [2.75, 3.05) is 13.9 Å². The molecule has 1 rings (SSSR count). The zero-order chi connectivity index (χ0) is 24.7. The van der Waals surface area contributed by atoms with E-state index in [1.165, 1.54) is 14.0 Å². The normalized spacial score (nSPS) is 7.45. The van der Waals surface area contributed by atoms with Crippen LogP contribution < -0.4 is 0 Å². The maximum atomic E-state index is 10.8. The van der Waals surface area contributed by atoms with E-state index in [2.05, 4.69) is 68.0 Å². The number of methoxy groups -OCH3 is 1. The van der Waals surface area contributed by atoms with Gasteiger partial charge in [0.25, 0.3) is 0 Å². The number of ketones is 1. The fraction of sp³-hybridized carbons (Fsp3) is 0.211. The Morgan fingerprint density at radius 1 is 0.903 bits per heavy atom. The number of rotatable bonds is 6. The molecule has 0 aliphatic heterocycles. The van der Waals surface area contributed by atoms with E-state index in [1.807, 2.05) is 24.3 Å². The molecule has 1 unspecified atom stereocenters. The van der Waals surface area contributed by atoms with Crippen LogP contribution in [0.15, 0.2) is 28.7 Å². The molecule has 0 N–H and O–H groups in total. The standard InChI is InChI=1S/C13H13BrO3.6CO.2Co/c1-10(15)3-8-13(17-9-16-2)11-4-6-12(14)7-5-11;6*1-2;;/h4-7,13H,9H2,1-2H3;;;;;;;;. The third-order valence-corrected chi connectivity index (χ3v) is 2.43. The molecule has 0 aromatic heterocycles. The van der Waals surface area contributed by atoms with Gasteiger partial charge >= 0.3 is 67.8 Å². The average molecular weight is 583 g/mol. The maximum Gasteiger partial charge on any atom is 0 e. The van der Waals surface area contributed by atoms with E-state index < -0.39 is 6.10 Å². The van der Waals surface area contributed by atoms with Crippen LogP contribution in [0.5, 0.6) is 0 Å². The van der Waals surface area contributed by atoms with Crippen LogP contribution in [0.3, 0.4) is 0 Å². The van der Waals surface area contributed by atoms with Crippen molar-refractivity contribution in [2.24, 2.45) is 0 Å². The van der Waals surface area contributed by atoms with Gasteiger partial charge in [-0.15, -0.1) is 0 Å². The number of carbonyl (C=O) groups excluding carboxylic acids is 1. The first kappa shape index (κ1) is 51.8. The first-order valence-corrected chi connectivity index (χ1v) is 7.03. The van der Waals surface area contributed by atoms with Crippen LogP contribution in [0.25, 0.3) is 0 Å².